The second kappa shape index (κ2) is 16.2. The van der Waals surface area contributed by atoms with E-state index in [2.05, 4.69) is 26.0 Å². The molecule has 0 saturated heterocycles. The third-order valence-electron chi connectivity index (χ3n) is 5.83. The third-order valence-corrected chi connectivity index (χ3v) is 5.83. The Hall–Kier alpha value is -2.73. The number of hydrogen-bond donors (Lipinski definition) is 6. The lowest BCUT2D eigenvalue weighted by Crippen LogP contribution is -2.59. The van der Waals surface area contributed by atoms with Crippen molar-refractivity contribution in [1.29, 1.82) is 0 Å². The molecular formula is C25H47N5O7. The van der Waals surface area contributed by atoms with Gasteiger partial charge in [0.25, 0.3) is 0 Å². The number of methoxy groups -OCH3 is 1. The van der Waals surface area contributed by atoms with Crippen molar-refractivity contribution in [2.24, 2.45) is 17.1 Å². The predicted octanol–water partition coefficient (Wildman–Crippen LogP) is -0.279. The van der Waals surface area contributed by atoms with Crippen molar-refractivity contribution in [3.05, 3.63) is 0 Å². The van der Waals surface area contributed by atoms with Crippen molar-refractivity contribution >= 4 is 29.6 Å². The molecule has 0 radical (unpaired) electrons. The number of aliphatic hydroxyl groups is 1. The summed E-state index contributed by atoms with van der Waals surface area (Å²) in [5.74, 6) is -2.82. The van der Waals surface area contributed by atoms with Gasteiger partial charge >= 0.3 is 5.97 Å². The standard InChI is InChI=1S/C25H47N5O7/c1-14(2)20(28-16(4)31)23(35)29-17(11-9-10-12-26)22(34)30-21(25(5,6)7)18(32)13-19(33)27-15(3)24(36)37-8/h14-15,17-18,20-21,32H,9-13,26H2,1-8H3,(H,27,33)(H,28,31)(H,29,35)(H,30,34)/t15-,17-,18-,20-,21+/m0/s1. The topological polar surface area (TPSA) is 189 Å². The molecule has 0 bridgehead atoms. The second-order valence-corrected chi connectivity index (χ2v) is 10.7. The van der Waals surface area contributed by atoms with E-state index in [0.29, 0.717) is 25.8 Å². The van der Waals surface area contributed by atoms with Gasteiger partial charge in [-0.2, -0.15) is 0 Å². The number of nitrogens with one attached hydrogen (secondary N) is 4. The first-order valence-corrected chi connectivity index (χ1v) is 12.7. The Kier molecular flexibility index (Phi) is 15.0. The van der Waals surface area contributed by atoms with Crippen molar-refractivity contribution < 1.29 is 33.8 Å². The van der Waals surface area contributed by atoms with Crippen molar-refractivity contribution in [3.8, 4) is 0 Å². The quantitative estimate of drug-likeness (QED) is 0.123. The zero-order chi connectivity index (χ0) is 28.9. The molecule has 0 aliphatic heterocycles. The van der Waals surface area contributed by atoms with E-state index in [9.17, 15) is 29.1 Å². The summed E-state index contributed by atoms with van der Waals surface area (Å²) < 4.78 is 4.58. The lowest BCUT2D eigenvalue weighted by Gasteiger charge is -2.36. The smallest absolute Gasteiger partial charge is 0.328 e. The molecule has 37 heavy (non-hydrogen) atoms. The average Bonchev–Trinajstić information content (AvgIpc) is 2.78. The Morgan fingerprint density at radius 1 is 0.919 bits per heavy atom. The monoisotopic (exact) mass is 529 g/mol. The molecule has 0 aromatic rings. The summed E-state index contributed by atoms with van der Waals surface area (Å²) in [7, 11) is 1.20. The maximum absolute atomic E-state index is 13.3. The molecule has 214 valence electrons. The fourth-order valence-electron chi connectivity index (χ4n) is 3.76. The molecule has 0 fully saturated rings. The largest absolute Gasteiger partial charge is 0.467 e. The molecule has 0 rings (SSSR count). The highest BCUT2D eigenvalue weighted by molar-refractivity contribution is 5.92. The van der Waals surface area contributed by atoms with Gasteiger partial charge in [-0.25, -0.2) is 4.79 Å². The van der Waals surface area contributed by atoms with Gasteiger partial charge in [0.15, 0.2) is 0 Å². The molecule has 0 aromatic carbocycles. The van der Waals surface area contributed by atoms with E-state index in [-0.39, 0.29) is 18.2 Å². The molecule has 0 aliphatic rings. The SMILES string of the molecule is COC(=O)[C@H](C)NC(=O)C[C@H](O)[C@@H](NC(=O)[C@H](CCCCN)NC(=O)[C@@H](NC(C)=O)C(C)C)C(C)(C)C. The minimum atomic E-state index is -1.28. The zero-order valence-electron chi connectivity index (χ0n) is 23.5. The first kappa shape index (κ1) is 34.3. The van der Waals surface area contributed by atoms with Crippen LogP contribution in [0.15, 0.2) is 0 Å². The van der Waals surface area contributed by atoms with Gasteiger partial charge < -0.3 is 36.8 Å². The van der Waals surface area contributed by atoms with Gasteiger partial charge in [-0.15, -0.1) is 0 Å². The highest BCUT2D eigenvalue weighted by atomic mass is 16.5. The Morgan fingerprint density at radius 3 is 1.97 bits per heavy atom. The number of ether oxygens (including phenoxy) is 1. The molecule has 0 aliphatic carbocycles. The van der Waals surface area contributed by atoms with Gasteiger partial charge in [-0.1, -0.05) is 34.6 Å². The van der Waals surface area contributed by atoms with Crippen LogP contribution in [-0.2, 0) is 28.7 Å². The van der Waals surface area contributed by atoms with E-state index in [1.165, 1.54) is 21.0 Å². The predicted molar refractivity (Wildman–Crippen MR) is 139 cm³/mol. The first-order valence-electron chi connectivity index (χ1n) is 12.7. The van der Waals surface area contributed by atoms with E-state index in [0.717, 1.165) is 0 Å². The normalized spacial score (nSPS) is 15.5. The van der Waals surface area contributed by atoms with Crippen molar-refractivity contribution in [2.45, 2.75) is 104 Å². The highest BCUT2D eigenvalue weighted by Crippen LogP contribution is 2.24. The first-order chi connectivity index (χ1) is 17.0. The Labute approximate surface area is 220 Å². The molecule has 0 saturated carbocycles. The number of esters is 1. The number of carbonyl (C=O) groups excluding carboxylic acids is 5. The van der Waals surface area contributed by atoms with Crippen LogP contribution in [0.25, 0.3) is 0 Å². The van der Waals surface area contributed by atoms with Crippen LogP contribution in [0, 0.1) is 11.3 Å². The molecule has 0 spiro atoms. The number of carbonyl (C=O) groups is 5. The number of amides is 4. The lowest BCUT2D eigenvalue weighted by atomic mass is 9.82. The minimum absolute atomic E-state index is 0.216. The minimum Gasteiger partial charge on any atom is -0.467 e. The molecule has 12 heteroatoms. The number of nitrogens with two attached hydrogens (primary N) is 1. The van der Waals surface area contributed by atoms with Gasteiger partial charge in [-0.3, -0.25) is 19.2 Å². The maximum atomic E-state index is 13.3. The summed E-state index contributed by atoms with van der Waals surface area (Å²) in [6, 6.07) is -3.53. The van der Waals surface area contributed by atoms with Crippen LogP contribution >= 0.6 is 0 Å². The van der Waals surface area contributed by atoms with Crippen LogP contribution < -0.4 is 27.0 Å². The Morgan fingerprint density at radius 2 is 1.51 bits per heavy atom. The maximum Gasteiger partial charge on any atom is 0.328 e. The second-order valence-electron chi connectivity index (χ2n) is 10.7. The number of rotatable bonds is 15. The van der Waals surface area contributed by atoms with Gasteiger partial charge in [0.05, 0.1) is 25.7 Å². The molecule has 0 heterocycles. The van der Waals surface area contributed by atoms with E-state index in [1.54, 1.807) is 34.6 Å². The molecular weight excluding hydrogens is 482 g/mol. The van der Waals surface area contributed by atoms with Crippen LogP contribution in [0.2, 0.25) is 0 Å². The number of unbranched alkanes of at least 4 members (excludes halogenated alkanes) is 1. The highest BCUT2D eigenvalue weighted by Gasteiger charge is 2.36. The van der Waals surface area contributed by atoms with E-state index >= 15 is 0 Å². The van der Waals surface area contributed by atoms with Crippen LogP contribution in [0.4, 0.5) is 0 Å². The summed E-state index contributed by atoms with van der Waals surface area (Å²) >= 11 is 0. The van der Waals surface area contributed by atoms with E-state index < -0.39 is 59.4 Å². The van der Waals surface area contributed by atoms with Gasteiger partial charge in [0, 0.05) is 6.92 Å². The average molecular weight is 530 g/mol. The molecule has 0 unspecified atom stereocenters. The summed E-state index contributed by atoms with van der Waals surface area (Å²) in [4.78, 5) is 61.8. The summed E-state index contributed by atoms with van der Waals surface area (Å²) in [6.07, 6.45) is -0.145. The summed E-state index contributed by atoms with van der Waals surface area (Å²) in [5.41, 5.74) is 4.92. The van der Waals surface area contributed by atoms with E-state index in [4.69, 9.17) is 5.73 Å². The van der Waals surface area contributed by atoms with E-state index in [1.807, 2.05) is 0 Å². The lowest BCUT2D eigenvalue weighted by molar-refractivity contribution is -0.144. The molecule has 12 nitrogen and oxygen atoms in total. The molecule has 0 aromatic heterocycles. The molecule has 4 amide bonds. The van der Waals surface area contributed by atoms with Crippen molar-refractivity contribution in [3.63, 3.8) is 0 Å². The molecule has 7 N–H and O–H groups in total. The third kappa shape index (κ3) is 12.9. The Bertz CT molecular complexity index is 782. The summed E-state index contributed by atoms with van der Waals surface area (Å²) in [6.45, 7) is 12.1. The van der Waals surface area contributed by atoms with Gasteiger partial charge in [0.1, 0.15) is 18.1 Å². The number of hydrogen-bond acceptors (Lipinski definition) is 8. The van der Waals surface area contributed by atoms with Crippen LogP contribution in [0.3, 0.4) is 0 Å². The Balaban J connectivity index is 5.65. The van der Waals surface area contributed by atoms with Crippen molar-refractivity contribution in [1.82, 2.24) is 21.3 Å². The van der Waals surface area contributed by atoms with Crippen LogP contribution in [0.1, 0.15) is 74.1 Å². The fourth-order valence-corrected chi connectivity index (χ4v) is 3.76. The molecule has 5 atom stereocenters. The number of aliphatic hydroxyl groups excluding tert-OH is 1. The van der Waals surface area contributed by atoms with Crippen LogP contribution in [0.5, 0.6) is 0 Å². The summed E-state index contributed by atoms with van der Waals surface area (Å²) in [5, 5.41) is 21.4. The van der Waals surface area contributed by atoms with Gasteiger partial charge in [0.2, 0.25) is 23.6 Å². The van der Waals surface area contributed by atoms with Crippen molar-refractivity contribution in [2.75, 3.05) is 13.7 Å². The van der Waals surface area contributed by atoms with Gasteiger partial charge in [-0.05, 0) is 44.1 Å². The zero-order valence-corrected chi connectivity index (χ0v) is 23.5. The van der Waals surface area contributed by atoms with Crippen LogP contribution in [-0.4, -0.2) is 78.6 Å². The fraction of sp³-hybridized carbons (Fsp3) is 0.800.